The number of benzene rings is 1. The second kappa shape index (κ2) is 6.32. The van der Waals surface area contributed by atoms with Crippen molar-refractivity contribution in [2.45, 2.75) is 45.1 Å². The Hall–Kier alpha value is -1.88. The van der Waals surface area contributed by atoms with E-state index in [-0.39, 0.29) is 11.4 Å². The number of fused-ring (bicyclic) bond motifs is 1. The molecule has 23 heavy (non-hydrogen) atoms. The fourth-order valence-electron chi connectivity index (χ4n) is 3.19. The summed E-state index contributed by atoms with van der Waals surface area (Å²) in [5.41, 5.74) is 1.98. The summed E-state index contributed by atoms with van der Waals surface area (Å²) in [6.45, 7) is 8.42. The molecule has 0 bridgehead atoms. The number of nitrogens with one attached hydrogen (secondary N) is 2. The lowest BCUT2D eigenvalue weighted by Crippen LogP contribution is -2.47. The van der Waals surface area contributed by atoms with E-state index in [1.807, 2.05) is 39.0 Å². The number of carbonyl (C=O) groups is 1. The minimum atomic E-state index is -0.163. The molecule has 3 rings (SSSR count). The van der Waals surface area contributed by atoms with Gasteiger partial charge in [0, 0.05) is 11.5 Å². The Kier molecular flexibility index (Phi) is 4.39. The van der Waals surface area contributed by atoms with Gasteiger partial charge in [0.25, 0.3) is 0 Å². The molecule has 0 spiro atoms. The standard InChI is InChI=1S/C18H26N4O/c1-18(2,3)21-16(23)12-22-10-8-13(9-11-22)17-19-14-6-4-5-7-15(14)20-17/h4-7,13H,8-12H2,1-3H3,(H,19,20)(H,21,23). The van der Waals surface area contributed by atoms with Crippen molar-refractivity contribution in [2.24, 2.45) is 0 Å². The first kappa shape index (κ1) is 16.0. The highest BCUT2D eigenvalue weighted by atomic mass is 16.2. The van der Waals surface area contributed by atoms with Crippen LogP contribution in [0.2, 0.25) is 0 Å². The van der Waals surface area contributed by atoms with Gasteiger partial charge < -0.3 is 10.3 Å². The van der Waals surface area contributed by atoms with E-state index in [0.717, 1.165) is 42.8 Å². The summed E-state index contributed by atoms with van der Waals surface area (Å²) in [6.07, 6.45) is 2.09. The first-order valence-electron chi connectivity index (χ1n) is 8.39. The Morgan fingerprint density at radius 3 is 2.65 bits per heavy atom. The smallest absolute Gasteiger partial charge is 0.234 e. The zero-order valence-electron chi connectivity index (χ0n) is 14.2. The van der Waals surface area contributed by atoms with Crippen molar-refractivity contribution in [1.82, 2.24) is 20.2 Å². The summed E-state index contributed by atoms with van der Waals surface area (Å²) in [6, 6.07) is 8.16. The summed E-state index contributed by atoms with van der Waals surface area (Å²) in [5, 5.41) is 3.03. The van der Waals surface area contributed by atoms with Gasteiger partial charge >= 0.3 is 0 Å². The lowest BCUT2D eigenvalue weighted by Gasteiger charge is -2.31. The number of para-hydroxylation sites is 2. The number of piperidine rings is 1. The predicted octanol–water partition coefficient (Wildman–Crippen LogP) is 2.66. The van der Waals surface area contributed by atoms with E-state index < -0.39 is 0 Å². The van der Waals surface area contributed by atoms with Gasteiger partial charge in [0.2, 0.25) is 5.91 Å². The number of aromatic amines is 1. The Balaban J connectivity index is 1.55. The number of carbonyl (C=O) groups excluding carboxylic acids is 1. The van der Waals surface area contributed by atoms with E-state index in [1.54, 1.807) is 0 Å². The summed E-state index contributed by atoms with van der Waals surface area (Å²) in [7, 11) is 0. The minimum Gasteiger partial charge on any atom is -0.350 e. The molecular weight excluding hydrogens is 288 g/mol. The fourth-order valence-corrected chi connectivity index (χ4v) is 3.19. The molecule has 5 nitrogen and oxygen atoms in total. The van der Waals surface area contributed by atoms with Crippen LogP contribution in [0.5, 0.6) is 0 Å². The van der Waals surface area contributed by atoms with Gasteiger partial charge in [-0.05, 0) is 58.8 Å². The van der Waals surface area contributed by atoms with Gasteiger partial charge in [0.05, 0.1) is 17.6 Å². The van der Waals surface area contributed by atoms with E-state index in [2.05, 4.69) is 21.3 Å². The van der Waals surface area contributed by atoms with Crippen molar-refractivity contribution in [3.05, 3.63) is 30.1 Å². The zero-order valence-corrected chi connectivity index (χ0v) is 14.2. The summed E-state index contributed by atoms with van der Waals surface area (Å²) >= 11 is 0. The highest BCUT2D eigenvalue weighted by Crippen LogP contribution is 2.27. The van der Waals surface area contributed by atoms with Crippen LogP contribution in [0, 0.1) is 0 Å². The van der Waals surface area contributed by atoms with E-state index in [1.165, 1.54) is 0 Å². The van der Waals surface area contributed by atoms with Crippen molar-refractivity contribution < 1.29 is 4.79 Å². The quantitative estimate of drug-likeness (QED) is 0.915. The van der Waals surface area contributed by atoms with Crippen LogP contribution in [0.3, 0.4) is 0 Å². The second-order valence-corrected chi connectivity index (χ2v) is 7.49. The molecule has 2 aromatic rings. The third kappa shape index (κ3) is 4.10. The summed E-state index contributed by atoms with van der Waals surface area (Å²) in [5.74, 6) is 1.66. The Labute approximate surface area is 137 Å². The zero-order chi connectivity index (χ0) is 16.4. The topological polar surface area (TPSA) is 61.0 Å². The van der Waals surface area contributed by atoms with Crippen LogP contribution < -0.4 is 5.32 Å². The molecule has 124 valence electrons. The van der Waals surface area contributed by atoms with Crippen molar-refractivity contribution in [1.29, 1.82) is 0 Å². The number of aromatic nitrogens is 2. The summed E-state index contributed by atoms with van der Waals surface area (Å²) in [4.78, 5) is 22.4. The van der Waals surface area contributed by atoms with Crippen LogP contribution in [-0.2, 0) is 4.79 Å². The molecule has 2 N–H and O–H groups in total. The Morgan fingerprint density at radius 1 is 1.30 bits per heavy atom. The third-order valence-corrected chi connectivity index (χ3v) is 4.26. The van der Waals surface area contributed by atoms with Crippen molar-refractivity contribution in [3.63, 3.8) is 0 Å². The molecule has 1 saturated heterocycles. The van der Waals surface area contributed by atoms with Crippen LogP contribution >= 0.6 is 0 Å². The number of nitrogens with zero attached hydrogens (tertiary/aromatic N) is 2. The molecule has 0 unspecified atom stereocenters. The van der Waals surface area contributed by atoms with Crippen LogP contribution in [0.4, 0.5) is 0 Å². The molecule has 1 fully saturated rings. The molecule has 1 aliphatic rings. The monoisotopic (exact) mass is 314 g/mol. The Morgan fingerprint density at radius 2 is 2.00 bits per heavy atom. The summed E-state index contributed by atoms with van der Waals surface area (Å²) < 4.78 is 0. The van der Waals surface area contributed by atoms with Gasteiger partial charge in [-0.15, -0.1) is 0 Å². The SMILES string of the molecule is CC(C)(C)NC(=O)CN1CCC(c2nc3ccccc3[nH]2)CC1. The number of imidazole rings is 1. The second-order valence-electron chi connectivity index (χ2n) is 7.49. The molecule has 1 aliphatic heterocycles. The van der Waals surface area contributed by atoms with Crippen LogP contribution in [0.1, 0.15) is 45.4 Å². The predicted molar refractivity (Wildman–Crippen MR) is 92.4 cm³/mol. The number of rotatable bonds is 3. The number of hydrogen-bond acceptors (Lipinski definition) is 3. The average Bonchev–Trinajstić information content (AvgIpc) is 2.89. The van der Waals surface area contributed by atoms with Crippen LogP contribution in [0.15, 0.2) is 24.3 Å². The maximum Gasteiger partial charge on any atom is 0.234 e. The lowest BCUT2D eigenvalue weighted by atomic mass is 9.96. The molecular formula is C18H26N4O. The van der Waals surface area contributed by atoms with E-state index >= 15 is 0 Å². The van der Waals surface area contributed by atoms with Crippen molar-refractivity contribution >= 4 is 16.9 Å². The average molecular weight is 314 g/mol. The third-order valence-electron chi connectivity index (χ3n) is 4.26. The first-order valence-corrected chi connectivity index (χ1v) is 8.39. The van der Waals surface area contributed by atoms with Crippen LogP contribution in [-0.4, -0.2) is 45.9 Å². The molecule has 1 aromatic heterocycles. The van der Waals surface area contributed by atoms with Crippen molar-refractivity contribution in [2.75, 3.05) is 19.6 Å². The molecule has 0 atom stereocenters. The molecule has 1 aromatic carbocycles. The lowest BCUT2D eigenvalue weighted by molar-refractivity contribution is -0.123. The van der Waals surface area contributed by atoms with E-state index in [9.17, 15) is 4.79 Å². The molecule has 5 heteroatoms. The number of amides is 1. The van der Waals surface area contributed by atoms with Gasteiger partial charge in [-0.25, -0.2) is 4.98 Å². The number of likely N-dealkylation sites (tertiary alicyclic amines) is 1. The Bertz CT molecular complexity index is 645. The minimum absolute atomic E-state index is 0.111. The molecule has 0 aliphatic carbocycles. The maximum atomic E-state index is 12.0. The first-order chi connectivity index (χ1) is 10.9. The van der Waals surface area contributed by atoms with Gasteiger partial charge in [-0.1, -0.05) is 12.1 Å². The fraction of sp³-hybridized carbons (Fsp3) is 0.556. The van der Waals surface area contributed by atoms with E-state index in [4.69, 9.17) is 4.98 Å². The highest BCUT2D eigenvalue weighted by Gasteiger charge is 2.25. The van der Waals surface area contributed by atoms with Gasteiger partial charge in [-0.2, -0.15) is 0 Å². The number of H-pyrrole nitrogens is 1. The number of hydrogen-bond donors (Lipinski definition) is 2. The van der Waals surface area contributed by atoms with Gasteiger partial charge in [-0.3, -0.25) is 9.69 Å². The molecule has 0 saturated carbocycles. The molecule has 1 amide bonds. The largest absolute Gasteiger partial charge is 0.350 e. The van der Waals surface area contributed by atoms with Crippen LogP contribution in [0.25, 0.3) is 11.0 Å². The normalized spacial score (nSPS) is 17.5. The maximum absolute atomic E-state index is 12.0. The molecule has 0 radical (unpaired) electrons. The highest BCUT2D eigenvalue weighted by molar-refractivity contribution is 5.78. The van der Waals surface area contributed by atoms with Crippen molar-refractivity contribution in [3.8, 4) is 0 Å². The van der Waals surface area contributed by atoms with Gasteiger partial charge in [0.1, 0.15) is 5.82 Å². The van der Waals surface area contributed by atoms with E-state index in [0.29, 0.717) is 12.5 Å². The van der Waals surface area contributed by atoms with Gasteiger partial charge in [0.15, 0.2) is 0 Å². The molecule has 2 heterocycles.